The van der Waals surface area contributed by atoms with Gasteiger partial charge in [-0.25, -0.2) is 0 Å². The standard InChI is InChI=1S/C10H8Br2O2/c11-6-1-2-7-9(5-6)14-4-3-8(12)10(7)13/h1-2,5,8H,3-4H2/t8-/m0/s1. The van der Waals surface area contributed by atoms with Gasteiger partial charge in [0.2, 0.25) is 0 Å². The number of hydrogen-bond acceptors (Lipinski definition) is 2. The molecule has 74 valence electrons. The number of carbonyl (C=O) groups excluding carboxylic acids is 1. The van der Waals surface area contributed by atoms with E-state index in [4.69, 9.17) is 4.74 Å². The lowest BCUT2D eigenvalue weighted by molar-refractivity contribution is 0.0991. The molecule has 0 aromatic heterocycles. The average Bonchev–Trinajstić information content (AvgIpc) is 2.28. The lowest BCUT2D eigenvalue weighted by atomic mass is 10.1. The summed E-state index contributed by atoms with van der Waals surface area (Å²) in [4.78, 5) is 11.7. The molecule has 1 aliphatic rings. The highest BCUT2D eigenvalue weighted by Crippen LogP contribution is 2.29. The number of ketones is 1. The van der Waals surface area contributed by atoms with Gasteiger partial charge in [-0.1, -0.05) is 31.9 Å². The van der Waals surface area contributed by atoms with Gasteiger partial charge in [-0.15, -0.1) is 0 Å². The minimum absolute atomic E-state index is 0.102. The number of rotatable bonds is 0. The summed E-state index contributed by atoms with van der Waals surface area (Å²) in [7, 11) is 0. The normalized spacial score (nSPS) is 21.0. The molecule has 0 fully saturated rings. The highest BCUT2D eigenvalue weighted by molar-refractivity contribution is 9.10. The van der Waals surface area contributed by atoms with Crippen LogP contribution in [0.15, 0.2) is 22.7 Å². The third kappa shape index (κ3) is 1.86. The third-order valence-corrected chi connectivity index (χ3v) is 3.49. The van der Waals surface area contributed by atoms with Gasteiger partial charge in [-0.05, 0) is 18.2 Å². The van der Waals surface area contributed by atoms with Crippen LogP contribution in [0, 0.1) is 0 Å². The topological polar surface area (TPSA) is 26.3 Å². The smallest absolute Gasteiger partial charge is 0.180 e. The number of benzene rings is 1. The van der Waals surface area contributed by atoms with E-state index in [1.54, 1.807) is 6.07 Å². The molecule has 0 saturated heterocycles. The summed E-state index contributed by atoms with van der Waals surface area (Å²) in [6.07, 6.45) is 0.713. The van der Waals surface area contributed by atoms with Crippen molar-refractivity contribution < 1.29 is 9.53 Å². The summed E-state index contributed by atoms with van der Waals surface area (Å²) < 4.78 is 6.42. The van der Waals surface area contributed by atoms with Crippen molar-refractivity contribution in [1.29, 1.82) is 0 Å². The van der Waals surface area contributed by atoms with Gasteiger partial charge in [-0.3, -0.25) is 4.79 Å². The molecule has 0 amide bonds. The molecule has 0 bridgehead atoms. The Morgan fingerprint density at radius 1 is 1.43 bits per heavy atom. The number of hydrogen-bond donors (Lipinski definition) is 0. The van der Waals surface area contributed by atoms with E-state index in [9.17, 15) is 4.79 Å². The average molecular weight is 320 g/mol. The fraction of sp³-hybridized carbons (Fsp3) is 0.300. The maximum absolute atomic E-state index is 11.8. The minimum atomic E-state index is -0.120. The van der Waals surface area contributed by atoms with E-state index in [0.717, 1.165) is 4.47 Å². The molecule has 0 radical (unpaired) electrons. The van der Waals surface area contributed by atoms with Crippen LogP contribution in [0.3, 0.4) is 0 Å². The first kappa shape index (κ1) is 10.2. The van der Waals surface area contributed by atoms with Crippen molar-refractivity contribution in [3.05, 3.63) is 28.2 Å². The Kier molecular flexibility index (Phi) is 2.93. The number of fused-ring (bicyclic) bond motifs is 1. The zero-order chi connectivity index (χ0) is 10.1. The Morgan fingerprint density at radius 3 is 3.00 bits per heavy atom. The second kappa shape index (κ2) is 4.03. The third-order valence-electron chi connectivity index (χ3n) is 2.12. The molecule has 14 heavy (non-hydrogen) atoms. The van der Waals surface area contributed by atoms with E-state index in [-0.39, 0.29) is 10.6 Å². The summed E-state index contributed by atoms with van der Waals surface area (Å²) in [6.45, 7) is 0.575. The molecule has 4 heteroatoms. The molecule has 0 saturated carbocycles. The first-order chi connectivity index (χ1) is 6.68. The van der Waals surface area contributed by atoms with Crippen molar-refractivity contribution >= 4 is 37.6 Å². The Morgan fingerprint density at radius 2 is 2.21 bits per heavy atom. The van der Waals surface area contributed by atoms with Crippen LogP contribution in [0.25, 0.3) is 0 Å². The van der Waals surface area contributed by atoms with Crippen LogP contribution in [0.1, 0.15) is 16.8 Å². The van der Waals surface area contributed by atoms with Crippen LogP contribution in [-0.4, -0.2) is 17.2 Å². The molecule has 1 atom stereocenters. The number of ether oxygens (including phenoxy) is 1. The van der Waals surface area contributed by atoms with Gasteiger partial charge in [0.1, 0.15) is 5.75 Å². The molecule has 1 aromatic rings. The van der Waals surface area contributed by atoms with Gasteiger partial charge < -0.3 is 4.74 Å². The quantitative estimate of drug-likeness (QED) is 0.687. The van der Waals surface area contributed by atoms with Crippen LogP contribution in [0.2, 0.25) is 0 Å². The summed E-state index contributed by atoms with van der Waals surface area (Å²) >= 11 is 6.70. The van der Waals surface area contributed by atoms with Gasteiger partial charge in [0.25, 0.3) is 0 Å². The van der Waals surface area contributed by atoms with Gasteiger partial charge in [0.05, 0.1) is 17.0 Å². The van der Waals surface area contributed by atoms with E-state index in [2.05, 4.69) is 31.9 Å². The molecule has 1 aromatic carbocycles. The second-order valence-corrected chi connectivity index (χ2v) is 5.13. The molecular weight excluding hydrogens is 312 g/mol. The molecule has 0 spiro atoms. The molecule has 1 heterocycles. The maximum Gasteiger partial charge on any atom is 0.180 e. The number of alkyl halides is 1. The summed E-state index contributed by atoms with van der Waals surface area (Å²) in [6, 6.07) is 5.48. The zero-order valence-electron chi connectivity index (χ0n) is 7.30. The van der Waals surface area contributed by atoms with Gasteiger partial charge in [0.15, 0.2) is 5.78 Å². The van der Waals surface area contributed by atoms with Gasteiger partial charge >= 0.3 is 0 Å². The van der Waals surface area contributed by atoms with Crippen molar-refractivity contribution in [3.8, 4) is 5.75 Å². The molecular formula is C10H8Br2O2. The minimum Gasteiger partial charge on any atom is -0.493 e. The van der Waals surface area contributed by atoms with E-state index in [0.29, 0.717) is 24.3 Å². The Balaban J connectivity index is 2.48. The van der Waals surface area contributed by atoms with Crippen LogP contribution in [-0.2, 0) is 0 Å². The van der Waals surface area contributed by atoms with Crippen molar-refractivity contribution in [3.63, 3.8) is 0 Å². The predicted molar refractivity (Wildman–Crippen MR) is 61.3 cm³/mol. The molecule has 2 rings (SSSR count). The first-order valence-corrected chi connectivity index (χ1v) is 6.00. The number of carbonyl (C=O) groups is 1. The zero-order valence-corrected chi connectivity index (χ0v) is 10.5. The summed E-state index contributed by atoms with van der Waals surface area (Å²) in [5.41, 5.74) is 0.660. The molecule has 0 N–H and O–H groups in total. The predicted octanol–water partition coefficient (Wildman–Crippen LogP) is 3.18. The maximum atomic E-state index is 11.8. The lowest BCUT2D eigenvalue weighted by Crippen LogP contribution is -2.12. The summed E-state index contributed by atoms with van der Waals surface area (Å²) in [5.74, 6) is 0.774. The van der Waals surface area contributed by atoms with Gasteiger partial charge in [0, 0.05) is 10.9 Å². The van der Waals surface area contributed by atoms with E-state index >= 15 is 0 Å². The largest absolute Gasteiger partial charge is 0.493 e. The van der Waals surface area contributed by atoms with Gasteiger partial charge in [-0.2, -0.15) is 0 Å². The van der Waals surface area contributed by atoms with Crippen molar-refractivity contribution in [1.82, 2.24) is 0 Å². The van der Waals surface area contributed by atoms with Crippen LogP contribution in [0.5, 0.6) is 5.75 Å². The van der Waals surface area contributed by atoms with Crippen molar-refractivity contribution in [2.75, 3.05) is 6.61 Å². The fourth-order valence-corrected chi connectivity index (χ4v) is 2.16. The SMILES string of the molecule is O=C1c2ccc(Br)cc2OCC[C@@H]1Br. The molecule has 0 aliphatic carbocycles. The van der Waals surface area contributed by atoms with E-state index < -0.39 is 0 Å². The first-order valence-electron chi connectivity index (χ1n) is 4.29. The van der Waals surface area contributed by atoms with Crippen molar-refractivity contribution in [2.24, 2.45) is 0 Å². The number of Topliss-reactive ketones (excluding diaryl/α,β-unsaturated/α-hetero) is 1. The monoisotopic (exact) mass is 318 g/mol. The molecule has 0 unspecified atom stereocenters. The second-order valence-electron chi connectivity index (χ2n) is 3.11. The number of halogens is 2. The highest BCUT2D eigenvalue weighted by Gasteiger charge is 2.24. The lowest BCUT2D eigenvalue weighted by Gasteiger charge is -2.05. The Labute approximate surface area is 98.9 Å². The van der Waals surface area contributed by atoms with E-state index in [1.807, 2.05) is 12.1 Å². The van der Waals surface area contributed by atoms with Crippen molar-refractivity contribution in [2.45, 2.75) is 11.2 Å². The summed E-state index contributed by atoms with van der Waals surface area (Å²) in [5, 5.41) is 0. The van der Waals surface area contributed by atoms with Crippen LogP contribution in [0.4, 0.5) is 0 Å². The Hall–Kier alpha value is -0.350. The van der Waals surface area contributed by atoms with E-state index in [1.165, 1.54) is 0 Å². The Bertz CT molecular complexity index is 376. The highest BCUT2D eigenvalue weighted by atomic mass is 79.9. The molecule has 2 nitrogen and oxygen atoms in total. The fourth-order valence-electron chi connectivity index (χ4n) is 1.39. The van der Waals surface area contributed by atoms with Crippen LogP contribution < -0.4 is 4.74 Å². The van der Waals surface area contributed by atoms with Crippen LogP contribution >= 0.6 is 31.9 Å². The molecule has 1 aliphatic heterocycles.